The Balaban J connectivity index is 2.62. The zero-order chi connectivity index (χ0) is 15.1. The molecule has 0 atom stereocenters. The Kier molecular flexibility index (Phi) is 5.71. The van der Waals surface area contributed by atoms with Gasteiger partial charge in [0.25, 0.3) is 5.91 Å². The van der Waals surface area contributed by atoms with Crippen LogP contribution in [0.5, 0.6) is 0 Å². The largest absolute Gasteiger partial charge is 0.356 e. The van der Waals surface area contributed by atoms with Crippen LogP contribution in [0.4, 0.5) is 5.69 Å². The second-order valence-corrected chi connectivity index (χ2v) is 4.39. The van der Waals surface area contributed by atoms with Crippen molar-refractivity contribution in [2.45, 2.75) is 20.3 Å². The topological polar surface area (TPSA) is 87.3 Å². The second-order valence-electron chi connectivity index (χ2n) is 4.39. The highest BCUT2D eigenvalue weighted by atomic mass is 16.2. The minimum absolute atomic E-state index is 0.163. The Bertz CT molecular complexity index is 526. The fraction of sp³-hybridized carbons (Fsp3) is 0.357. The van der Waals surface area contributed by atoms with Crippen LogP contribution in [0, 0.1) is 6.92 Å². The van der Waals surface area contributed by atoms with Crippen LogP contribution in [0.15, 0.2) is 18.2 Å². The molecule has 3 N–H and O–H groups in total. The minimum atomic E-state index is -0.186. The molecule has 0 heterocycles. The second kappa shape index (κ2) is 7.28. The van der Waals surface area contributed by atoms with Crippen LogP contribution in [0.25, 0.3) is 0 Å². The maximum absolute atomic E-state index is 11.7. The summed E-state index contributed by atoms with van der Waals surface area (Å²) < 4.78 is 0. The van der Waals surface area contributed by atoms with Gasteiger partial charge in [-0.15, -0.1) is 0 Å². The molecule has 1 rings (SSSR count). The van der Waals surface area contributed by atoms with E-state index in [-0.39, 0.29) is 24.1 Å². The van der Waals surface area contributed by atoms with E-state index in [2.05, 4.69) is 16.0 Å². The van der Waals surface area contributed by atoms with Gasteiger partial charge in [0.2, 0.25) is 11.8 Å². The molecule has 0 radical (unpaired) electrons. The third-order valence-corrected chi connectivity index (χ3v) is 2.72. The summed E-state index contributed by atoms with van der Waals surface area (Å²) in [7, 11) is 1.56. The number of rotatable bonds is 5. The number of anilines is 1. The highest BCUT2D eigenvalue weighted by Gasteiger charge is 2.08. The molecule has 0 aromatic heterocycles. The van der Waals surface area contributed by atoms with Crippen LogP contribution in [-0.2, 0) is 9.59 Å². The zero-order valence-electron chi connectivity index (χ0n) is 11.9. The lowest BCUT2D eigenvalue weighted by atomic mass is 10.1. The molecule has 1 aromatic carbocycles. The summed E-state index contributed by atoms with van der Waals surface area (Å²) in [6.07, 6.45) is 0.205. The molecule has 0 bridgehead atoms. The summed E-state index contributed by atoms with van der Waals surface area (Å²) in [6, 6.07) is 5.05. The van der Waals surface area contributed by atoms with Crippen molar-refractivity contribution in [3.8, 4) is 0 Å². The molecule has 108 valence electrons. The molecule has 0 aliphatic carbocycles. The van der Waals surface area contributed by atoms with Gasteiger partial charge in [-0.25, -0.2) is 0 Å². The molecule has 0 saturated carbocycles. The first-order chi connectivity index (χ1) is 9.43. The van der Waals surface area contributed by atoms with E-state index in [0.29, 0.717) is 17.8 Å². The summed E-state index contributed by atoms with van der Waals surface area (Å²) in [5, 5.41) is 7.84. The van der Waals surface area contributed by atoms with E-state index in [1.54, 1.807) is 25.2 Å². The van der Waals surface area contributed by atoms with Crippen molar-refractivity contribution in [3.63, 3.8) is 0 Å². The van der Waals surface area contributed by atoms with Gasteiger partial charge in [0.05, 0.1) is 0 Å². The van der Waals surface area contributed by atoms with E-state index in [1.807, 2.05) is 6.92 Å². The summed E-state index contributed by atoms with van der Waals surface area (Å²) in [5.74, 6) is -0.518. The summed E-state index contributed by atoms with van der Waals surface area (Å²) in [5.41, 5.74) is 2.01. The van der Waals surface area contributed by atoms with Gasteiger partial charge >= 0.3 is 0 Å². The van der Waals surface area contributed by atoms with Gasteiger partial charge in [0.15, 0.2) is 0 Å². The number of carbonyl (C=O) groups excluding carboxylic acids is 3. The molecule has 3 amide bonds. The molecule has 0 fully saturated rings. The Morgan fingerprint density at radius 2 is 1.90 bits per heavy atom. The predicted octanol–water partition coefficient (Wildman–Crippen LogP) is 0.819. The molecule has 6 heteroatoms. The zero-order valence-corrected chi connectivity index (χ0v) is 11.9. The summed E-state index contributed by atoms with van der Waals surface area (Å²) in [4.78, 5) is 33.8. The molecule has 20 heavy (non-hydrogen) atoms. The van der Waals surface area contributed by atoms with Crippen molar-refractivity contribution in [1.82, 2.24) is 10.6 Å². The van der Waals surface area contributed by atoms with Gasteiger partial charge < -0.3 is 16.0 Å². The van der Waals surface area contributed by atoms with Gasteiger partial charge in [-0.1, -0.05) is 0 Å². The average molecular weight is 277 g/mol. The number of nitrogens with one attached hydrogen (secondary N) is 3. The Hall–Kier alpha value is -2.37. The normalized spacial score (nSPS) is 9.75. The van der Waals surface area contributed by atoms with Gasteiger partial charge in [-0.2, -0.15) is 0 Å². The van der Waals surface area contributed by atoms with Crippen molar-refractivity contribution in [2.24, 2.45) is 0 Å². The van der Waals surface area contributed by atoms with Crippen LogP contribution < -0.4 is 16.0 Å². The average Bonchev–Trinajstić information content (AvgIpc) is 2.39. The highest BCUT2D eigenvalue weighted by molar-refractivity contribution is 5.96. The van der Waals surface area contributed by atoms with Crippen LogP contribution in [0.2, 0.25) is 0 Å². The Labute approximate surface area is 117 Å². The maximum atomic E-state index is 11.7. The van der Waals surface area contributed by atoms with Gasteiger partial charge in [-0.3, -0.25) is 14.4 Å². The van der Waals surface area contributed by atoms with Crippen molar-refractivity contribution in [3.05, 3.63) is 29.3 Å². The van der Waals surface area contributed by atoms with Crippen LogP contribution in [0.1, 0.15) is 29.3 Å². The fourth-order valence-corrected chi connectivity index (χ4v) is 1.65. The standard InChI is InChI=1S/C14H19N3O3/c1-9-8-11(14(20)15-3)4-5-12(9)17-13(19)6-7-16-10(2)18/h4-5,8H,6-7H2,1-3H3,(H,15,20)(H,16,18)(H,17,19). The van der Waals surface area contributed by atoms with Crippen molar-refractivity contribution in [1.29, 1.82) is 0 Å². The van der Waals surface area contributed by atoms with Crippen LogP contribution >= 0.6 is 0 Å². The molecule has 0 aliphatic heterocycles. The van der Waals surface area contributed by atoms with Crippen molar-refractivity contribution < 1.29 is 14.4 Å². The summed E-state index contributed by atoms with van der Waals surface area (Å²) >= 11 is 0. The number of aryl methyl sites for hydroxylation is 1. The Morgan fingerprint density at radius 3 is 2.45 bits per heavy atom. The van der Waals surface area contributed by atoms with Gasteiger partial charge in [0, 0.05) is 38.2 Å². The first-order valence-electron chi connectivity index (χ1n) is 6.31. The lowest BCUT2D eigenvalue weighted by Gasteiger charge is -2.10. The van der Waals surface area contributed by atoms with Crippen molar-refractivity contribution in [2.75, 3.05) is 18.9 Å². The SMILES string of the molecule is CNC(=O)c1ccc(NC(=O)CCNC(C)=O)c(C)c1. The van der Waals surface area contributed by atoms with E-state index in [1.165, 1.54) is 6.92 Å². The molecule has 6 nitrogen and oxygen atoms in total. The molecule has 0 unspecified atom stereocenters. The molecule has 0 saturated heterocycles. The maximum Gasteiger partial charge on any atom is 0.251 e. The molecular weight excluding hydrogens is 258 g/mol. The molecular formula is C14H19N3O3. The Morgan fingerprint density at radius 1 is 1.20 bits per heavy atom. The highest BCUT2D eigenvalue weighted by Crippen LogP contribution is 2.16. The first-order valence-corrected chi connectivity index (χ1v) is 6.31. The monoisotopic (exact) mass is 277 g/mol. The lowest BCUT2D eigenvalue weighted by Crippen LogP contribution is -2.25. The number of hydrogen-bond acceptors (Lipinski definition) is 3. The van der Waals surface area contributed by atoms with Gasteiger partial charge in [-0.05, 0) is 30.7 Å². The van der Waals surface area contributed by atoms with Crippen LogP contribution in [-0.4, -0.2) is 31.3 Å². The predicted molar refractivity (Wildman–Crippen MR) is 76.5 cm³/mol. The van der Waals surface area contributed by atoms with Crippen LogP contribution in [0.3, 0.4) is 0 Å². The minimum Gasteiger partial charge on any atom is -0.356 e. The van der Waals surface area contributed by atoms with E-state index >= 15 is 0 Å². The van der Waals surface area contributed by atoms with E-state index in [4.69, 9.17) is 0 Å². The number of amides is 3. The number of benzene rings is 1. The lowest BCUT2D eigenvalue weighted by molar-refractivity contribution is -0.119. The number of hydrogen-bond donors (Lipinski definition) is 3. The molecule has 1 aromatic rings. The third-order valence-electron chi connectivity index (χ3n) is 2.72. The first kappa shape index (κ1) is 15.7. The smallest absolute Gasteiger partial charge is 0.251 e. The third kappa shape index (κ3) is 4.72. The van der Waals surface area contributed by atoms with Crippen molar-refractivity contribution >= 4 is 23.4 Å². The fourth-order valence-electron chi connectivity index (χ4n) is 1.65. The molecule has 0 spiro atoms. The molecule has 0 aliphatic rings. The van der Waals surface area contributed by atoms with Gasteiger partial charge in [0.1, 0.15) is 0 Å². The van der Waals surface area contributed by atoms with E-state index in [0.717, 1.165) is 5.56 Å². The van der Waals surface area contributed by atoms with E-state index in [9.17, 15) is 14.4 Å². The summed E-state index contributed by atoms with van der Waals surface area (Å²) in [6.45, 7) is 3.52. The van der Waals surface area contributed by atoms with E-state index < -0.39 is 0 Å². The number of carbonyl (C=O) groups is 3. The quantitative estimate of drug-likeness (QED) is 0.744.